The molecular formula is C19H22N2O2. The topological polar surface area (TPSA) is 58.2 Å². The van der Waals surface area contributed by atoms with E-state index in [-0.39, 0.29) is 12.0 Å². The first-order chi connectivity index (χ1) is 11.1. The summed E-state index contributed by atoms with van der Waals surface area (Å²) in [4.78, 5) is 23.9. The molecule has 0 bridgehead atoms. The third kappa shape index (κ3) is 4.95. The Hall–Kier alpha value is -2.62. The minimum atomic E-state index is -0.610. The molecular weight excluding hydrogens is 288 g/mol. The first-order valence-corrected chi connectivity index (χ1v) is 7.76. The van der Waals surface area contributed by atoms with E-state index in [4.69, 9.17) is 0 Å². The van der Waals surface area contributed by atoms with Crippen LogP contribution in [0.5, 0.6) is 0 Å². The van der Waals surface area contributed by atoms with Crippen molar-refractivity contribution >= 4 is 11.8 Å². The molecule has 4 heteroatoms. The van der Waals surface area contributed by atoms with Crippen molar-refractivity contribution in [3.63, 3.8) is 0 Å². The van der Waals surface area contributed by atoms with Gasteiger partial charge in [0.15, 0.2) is 0 Å². The van der Waals surface area contributed by atoms with Crippen molar-refractivity contribution in [3.05, 3.63) is 71.8 Å². The molecule has 0 saturated carbocycles. The molecule has 0 unspecified atom stereocenters. The lowest BCUT2D eigenvalue weighted by atomic mass is 10.0. The molecule has 0 spiro atoms. The number of carbonyl (C=O) groups excluding carboxylic acids is 2. The Balaban J connectivity index is 1.82. The van der Waals surface area contributed by atoms with Crippen molar-refractivity contribution in [3.8, 4) is 0 Å². The Bertz CT molecular complexity index is 641. The van der Waals surface area contributed by atoms with Crippen LogP contribution in [0.4, 0.5) is 0 Å². The highest BCUT2D eigenvalue weighted by Crippen LogP contribution is 2.13. The van der Waals surface area contributed by atoms with E-state index in [9.17, 15) is 9.59 Å². The molecule has 0 heterocycles. The molecule has 2 aromatic rings. The second kappa shape index (κ2) is 8.13. The molecule has 0 aliphatic heterocycles. The lowest BCUT2D eigenvalue weighted by molar-refractivity contribution is -0.139. The monoisotopic (exact) mass is 310 g/mol. The summed E-state index contributed by atoms with van der Waals surface area (Å²) in [5.74, 6) is -1.06. The van der Waals surface area contributed by atoms with Gasteiger partial charge < -0.3 is 10.6 Å². The zero-order chi connectivity index (χ0) is 16.7. The standard InChI is InChI=1S/C19H22N2O2/c1-14(16-9-5-3-6-10-16)13-20-18(22)19(23)21-15(2)17-11-7-4-8-12-17/h3-12,14-15H,13H2,1-2H3,(H,20,22)(H,21,23)/t14-,15-/m1/s1. The van der Waals surface area contributed by atoms with Crippen LogP contribution in [-0.2, 0) is 9.59 Å². The average molecular weight is 310 g/mol. The molecule has 2 amide bonds. The van der Waals surface area contributed by atoms with E-state index in [0.717, 1.165) is 11.1 Å². The van der Waals surface area contributed by atoms with Crippen molar-refractivity contribution < 1.29 is 9.59 Å². The first-order valence-electron chi connectivity index (χ1n) is 7.76. The molecule has 0 aliphatic carbocycles. The molecule has 0 radical (unpaired) electrons. The summed E-state index contributed by atoms with van der Waals surface area (Å²) < 4.78 is 0. The predicted molar refractivity (Wildman–Crippen MR) is 90.9 cm³/mol. The van der Waals surface area contributed by atoms with E-state index >= 15 is 0 Å². The maximum absolute atomic E-state index is 12.0. The van der Waals surface area contributed by atoms with E-state index < -0.39 is 11.8 Å². The zero-order valence-electron chi connectivity index (χ0n) is 13.5. The lowest BCUT2D eigenvalue weighted by Crippen LogP contribution is -2.42. The summed E-state index contributed by atoms with van der Waals surface area (Å²) in [7, 11) is 0. The van der Waals surface area contributed by atoms with E-state index in [0.29, 0.717) is 6.54 Å². The SMILES string of the molecule is C[C@H](CNC(=O)C(=O)N[C@H](C)c1ccccc1)c1ccccc1. The Kier molecular flexibility index (Phi) is 5.92. The van der Waals surface area contributed by atoms with Gasteiger partial charge >= 0.3 is 11.8 Å². The van der Waals surface area contributed by atoms with Crippen LogP contribution in [0, 0.1) is 0 Å². The molecule has 2 rings (SSSR count). The highest BCUT2D eigenvalue weighted by atomic mass is 16.2. The van der Waals surface area contributed by atoms with Gasteiger partial charge in [0.05, 0.1) is 6.04 Å². The van der Waals surface area contributed by atoms with Crippen LogP contribution in [0.25, 0.3) is 0 Å². The van der Waals surface area contributed by atoms with Crippen molar-refractivity contribution in [2.45, 2.75) is 25.8 Å². The van der Waals surface area contributed by atoms with Crippen molar-refractivity contribution in [2.24, 2.45) is 0 Å². The fourth-order valence-corrected chi connectivity index (χ4v) is 2.31. The summed E-state index contributed by atoms with van der Waals surface area (Å²) in [6, 6.07) is 19.2. The van der Waals surface area contributed by atoms with Gasteiger partial charge in [-0.1, -0.05) is 67.6 Å². The maximum Gasteiger partial charge on any atom is 0.309 e. The molecule has 2 N–H and O–H groups in total. The molecule has 2 aromatic carbocycles. The van der Waals surface area contributed by atoms with Gasteiger partial charge in [0, 0.05) is 6.54 Å². The number of hydrogen-bond acceptors (Lipinski definition) is 2. The molecule has 120 valence electrons. The van der Waals surface area contributed by atoms with Gasteiger partial charge in [0.2, 0.25) is 0 Å². The lowest BCUT2D eigenvalue weighted by Gasteiger charge is -2.15. The fraction of sp³-hybridized carbons (Fsp3) is 0.263. The van der Waals surface area contributed by atoms with Crippen molar-refractivity contribution in [1.29, 1.82) is 0 Å². The predicted octanol–water partition coefficient (Wildman–Crippen LogP) is 2.78. The average Bonchev–Trinajstić information content (AvgIpc) is 2.60. The summed E-state index contributed by atoms with van der Waals surface area (Å²) in [6.07, 6.45) is 0. The van der Waals surface area contributed by atoms with E-state index in [1.165, 1.54) is 0 Å². The number of hydrogen-bond donors (Lipinski definition) is 2. The van der Waals surface area contributed by atoms with E-state index in [2.05, 4.69) is 10.6 Å². The molecule has 0 fully saturated rings. The quantitative estimate of drug-likeness (QED) is 0.834. The van der Waals surface area contributed by atoms with Crippen molar-refractivity contribution in [1.82, 2.24) is 10.6 Å². The summed E-state index contributed by atoms with van der Waals surface area (Å²) >= 11 is 0. The largest absolute Gasteiger partial charge is 0.347 e. The number of amides is 2. The maximum atomic E-state index is 12.0. The molecule has 0 saturated heterocycles. The van der Waals surface area contributed by atoms with Gasteiger partial charge in [-0.3, -0.25) is 9.59 Å². The number of carbonyl (C=O) groups is 2. The smallest absolute Gasteiger partial charge is 0.309 e. The first kappa shape index (κ1) is 16.7. The molecule has 0 aromatic heterocycles. The molecule has 23 heavy (non-hydrogen) atoms. The Morgan fingerprint density at radius 2 is 1.35 bits per heavy atom. The van der Waals surface area contributed by atoms with Gasteiger partial charge in [0.25, 0.3) is 0 Å². The zero-order valence-corrected chi connectivity index (χ0v) is 13.5. The minimum Gasteiger partial charge on any atom is -0.347 e. The van der Waals surface area contributed by atoms with E-state index in [1.54, 1.807) is 0 Å². The summed E-state index contributed by atoms with van der Waals surface area (Å²) in [5.41, 5.74) is 2.09. The van der Waals surface area contributed by atoms with Crippen LogP contribution in [0.2, 0.25) is 0 Å². The van der Waals surface area contributed by atoms with Gasteiger partial charge in [-0.05, 0) is 24.0 Å². The van der Waals surface area contributed by atoms with Crippen LogP contribution in [0.3, 0.4) is 0 Å². The Morgan fingerprint density at radius 1 is 0.826 bits per heavy atom. The summed E-state index contributed by atoms with van der Waals surface area (Å²) in [5, 5.41) is 5.39. The van der Waals surface area contributed by atoms with Gasteiger partial charge in [-0.15, -0.1) is 0 Å². The van der Waals surface area contributed by atoms with Gasteiger partial charge in [0.1, 0.15) is 0 Å². The molecule has 0 aliphatic rings. The second-order valence-corrected chi connectivity index (χ2v) is 5.63. The highest BCUT2D eigenvalue weighted by molar-refractivity contribution is 6.35. The van der Waals surface area contributed by atoms with Crippen LogP contribution in [0.15, 0.2) is 60.7 Å². The number of benzene rings is 2. The van der Waals surface area contributed by atoms with Crippen LogP contribution in [-0.4, -0.2) is 18.4 Å². The fourth-order valence-electron chi connectivity index (χ4n) is 2.31. The molecule has 4 nitrogen and oxygen atoms in total. The van der Waals surface area contributed by atoms with Crippen LogP contribution in [0.1, 0.15) is 36.9 Å². The van der Waals surface area contributed by atoms with Gasteiger partial charge in [-0.25, -0.2) is 0 Å². The van der Waals surface area contributed by atoms with Gasteiger partial charge in [-0.2, -0.15) is 0 Å². The minimum absolute atomic E-state index is 0.152. The Labute approximate surface area is 136 Å². The number of nitrogens with one attached hydrogen (secondary N) is 2. The highest BCUT2D eigenvalue weighted by Gasteiger charge is 2.17. The summed E-state index contributed by atoms with van der Waals surface area (Å²) in [6.45, 7) is 4.29. The third-order valence-corrected chi connectivity index (χ3v) is 3.79. The van der Waals surface area contributed by atoms with Crippen molar-refractivity contribution in [2.75, 3.05) is 6.54 Å². The number of rotatable bonds is 5. The van der Waals surface area contributed by atoms with E-state index in [1.807, 2.05) is 74.5 Å². The normalized spacial score (nSPS) is 13.0. The van der Waals surface area contributed by atoms with Crippen LogP contribution >= 0.6 is 0 Å². The third-order valence-electron chi connectivity index (χ3n) is 3.79. The molecule has 2 atom stereocenters. The Morgan fingerprint density at radius 3 is 1.91 bits per heavy atom. The second-order valence-electron chi connectivity index (χ2n) is 5.63. The van der Waals surface area contributed by atoms with Crippen LogP contribution < -0.4 is 10.6 Å².